The molecular weight excluding hydrogens is 619 g/mol. The molecule has 4 rings (SSSR count). The highest BCUT2D eigenvalue weighted by Crippen LogP contribution is 2.37. The number of nitrogens with zero attached hydrogens (tertiary/aromatic N) is 2. The van der Waals surface area contributed by atoms with Crippen molar-refractivity contribution < 1.29 is 33.6 Å². The number of hydrogen-bond donors (Lipinski definition) is 1. The Morgan fingerprint density at radius 1 is 1.09 bits per heavy atom. The van der Waals surface area contributed by atoms with Gasteiger partial charge in [-0.1, -0.05) is 53.3 Å². The van der Waals surface area contributed by atoms with Gasteiger partial charge in [-0.3, -0.25) is 9.36 Å². The first-order chi connectivity index (χ1) is 20.6. The predicted molar refractivity (Wildman–Crippen MR) is 163 cm³/mol. The van der Waals surface area contributed by atoms with E-state index < -0.39 is 30.1 Å². The Morgan fingerprint density at radius 2 is 1.81 bits per heavy atom. The number of carboxylic acids is 1. The maximum Gasteiger partial charge on any atom is 0.341 e. The van der Waals surface area contributed by atoms with Crippen molar-refractivity contribution in [3.05, 3.63) is 95.1 Å². The van der Waals surface area contributed by atoms with Gasteiger partial charge in [0.15, 0.2) is 28.7 Å². The van der Waals surface area contributed by atoms with Crippen LogP contribution in [0.2, 0.25) is 10.0 Å². The quantitative estimate of drug-likeness (QED) is 0.225. The lowest BCUT2D eigenvalue weighted by Crippen LogP contribution is -2.40. The first kappa shape index (κ1) is 31.9. The SMILES string of the molecule is C=CCOc1ccc(C2C(C(=O)OCC)=C(C)N=c3s/c(=C\c4cc(Cl)c(OCC(=O)O)c(Cl)c4)c(=O)n32)cc1OCC. The lowest BCUT2D eigenvalue weighted by molar-refractivity contribution is -0.140. The van der Waals surface area contributed by atoms with E-state index >= 15 is 0 Å². The van der Waals surface area contributed by atoms with Gasteiger partial charge >= 0.3 is 11.9 Å². The Labute approximate surface area is 260 Å². The number of allylic oxidation sites excluding steroid dienone is 1. The molecule has 1 N–H and O–H groups in total. The van der Waals surface area contributed by atoms with Gasteiger partial charge in [0.1, 0.15) is 6.61 Å². The lowest BCUT2D eigenvalue weighted by Gasteiger charge is -2.25. The molecule has 10 nitrogen and oxygen atoms in total. The molecule has 2 heterocycles. The van der Waals surface area contributed by atoms with Crippen LogP contribution in [0.15, 0.2) is 64.0 Å². The summed E-state index contributed by atoms with van der Waals surface area (Å²) >= 11 is 13.7. The van der Waals surface area contributed by atoms with E-state index in [2.05, 4.69) is 11.6 Å². The van der Waals surface area contributed by atoms with Gasteiger partial charge < -0.3 is 24.1 Å². The van der Waals surface area contributed by atoms with Crippen LogP contribution in [0.3, 0.4) is 0 Å². The van der Waals surface area contributed by atoms with E-state index in [-0.39, 0.29) is 34.6 Å². The zero-order chi connectivity index (χ0) is 31.3. The summed E-state index contributed by atoms with van der Waals surface area (Å²) in [5.41, 5.74) is 1.28. The van der Waals surface area contributed by atoms with E-state index in [9.17, 15) is 14.4 Å². The molecular formula is C30H28Cl2N2O8S. The van der Waals surface area contributed by atoms with Crippen molar-refractivity contribution in [3.8, 4) is 17.2 Å². The van der Waals surface area contributed by atoms with Gasteiger partial charge in [-0.25, -0.2) is 14.6 Å². The summed E-state index contributed by atoms with van der Waals surface area (Å²) in [5, 5.41) is 9.05. The lowest BCUT2D eigenvalue weighted by atomic mass is 9.95. The van der Waals surface area contributed by atoms with Gasteiger partial charge in [0, 0.05) is 0 Å². The van der Waals surface area contributed by atoms with Gasteiger partial charge in [-0.2, -0.15) is 0 Å². The zero-order valence-electron chi connectivity index (χ0n) is 23.5. The number of aromatic nitrogens is 1. The topological polar surface area (TPSA) is 126 Å². The van der Waals surface area contributed by atoms with Crippen molar-refractivity contribution in [2.45, 2.75) is 26.8 Å². The van der Waals surface area contributed by atoms with Gasteiger partial charge in [0.25, 0.3) is 5.56 Å². The summed E-state index contributed by atoms with van der Waals surface area (Å²) in [7, 11) is 0. The first-order valence-electron chi connectivity index (χ1n) is 13.1. The molecule has 226 valence electrons. The van der Waals surface area contributed by atoms with Crippen LogP contribution in [0.5, 0.6) is 17.2 Å². The second-order valence-corrected chi connectivity index (χ2v) is 10.9. The molecule has 0 spiro atoms. The van der Waals surface area contributed by atoms with Crippen LogP contribution in [0.1, 0.15) is 37.9 Å². The fourth-order valence-corrected chi connectivity index (χ4v) is 6.08. The van der Waals surface area contributed by atoms with Crippen LogP contribution in [-0.4, -0.2) is 48.0 Å². The summed E-state index contributed by atoms with van der Waals surface area (Å²) in [6.07, 6.45) is 3.20. The van der Waals surface area contributed by atoms with E-state index in [1.165, 1.54) is 16.7 Å². The number of carbonyl (C=O) groups is 2. The average molecular weight is 648 g/mol. The molecule has 13 heteroatoms. The Balaban J connectivity index is 1.89. The monoisotopic (exact) mass is 646 g/mol. The van der Waals surface area contributed by atoms with Crippen LogP contribution in [-0.2, 0) is 14.3 Å². The number of fused-ring (bicyclic) bond motifs is 1. The number of carboxylic acid groups (broad SMARTS) is 1. The van der Waals surface area contributed by atoms with Crippen LogP contribution < -0.4 is 29.1 Å². The maximum absolute atomic E-state index is 14.0. The van der Waals surface area contributed by atoms with E-state index in [0.29, 0.717) is 44.3 Å². The highest BCUT2D eigenvalue weighted by Gasteiger charge is 2.34. The number of hydrogen-bond acceptors (Lipinski definition) is 9. The van der Waals surface area contributed by atoms with Gasteiger partial charge in [0.05, 0.1) is 45.1 Å². The summed E-state index contributed by atoms with van der Waals surface area (Å²) in [6.45, 7) is 9.05. The van der Waals surface area contributed by atoms with Crippen molar-refractivity contribution in [3.63, 3.8) is 0 Å². The van der Waals surface area contributed by atoms with Gasteiger partial charge in [-0.15, -0.1) is 0 Å². The van der Waals surface area contributed by atoms with E-state index in [1.807, 2.05) is 6.92 Å². The second-order valence-electron chi connectivity index (χ2n) is 9.04. The molecule has 0 radical (unpaired) electrons. The van der Waals surface area contributed by atoms with E-state index in [0.717, 1.165) is 11.3 Å². The van der Waals surface area contributed by atoms with Crippen molar-refractivity contribution in [1.82, 2.24) is 4.57 Å². The highest BCUT2D eigenvalue weighted by molar-refractivity contribution is 7.07. The normalized spacial score (nSPS) is 14.5. The number of carbonyl (C=O) groups excluding carboxylic acids is 1. The molecule has 1 aliphatic rings. The highest BCUT2D eigenvalue weighted by atomic mass is 35.5. The predicted octanol–water partition coefficient (Wildman–Crippen LogP) is 4.53. The minimum absolute atomic E-state index is 0.0182. The molecule has 0 saturated heterocycles. The Bertz CT molecular complexity index is 1770. The van der Waals surface area contributed by atoms with E-state index in [4.69, 9.17) is 47.3 Å². The molecule has 1 unspecified atom stereocenters. The molecule has 0 saturated carbocycles. The zero-order valence-corrected chi connectivity index (χ0v) is 25.8. The molecule has 2 aromatic carbocycles. The largest absolute Gasteiger partial charge is 0.490 e. The molecule has 0 bridgehead atoms. The van der Waals surface area contributed by atoms with Crippen LogP contribution in [0, 0.1) is 0 Å². The fraction of sp³-hybridized carbons (Fsp3) is 0.267. The Kier molecular flexibility index (Phi) is 10.3. The number of ether oxygens (including phenoxy) is 4. The number of thiazole rings is 1. The molecule has 0 aliphatic carbocycles. The molecule has 1 atom stereocenters. The number of benzene rings is 2. The smallest absolute Gasteiger partial charge is 0.341 e. The van der Waals surface area contributed by atoms with E-state index in [1.54, 1.807) is 44.2 Å². The third kappa shape index (κ3) is 6.96. The van der Waals surface area contributed by atoms with Crippen molar-refractivity contribution in [1.29, 1.82) is 0 Å². The first-order valence-corrected chi connectivity index (χ1v) is 14.7. The molecule has 1 aliphatic heterocycles. The van der Waals surface area contributed by atoms with Gasteiger partial charge in [-0.05, 0) is 62.2 Å². The number of esters is 1. The van der Waals surface area contributed by atoms with Crippen molar-refractivity contribution in [2.24, 2.45) is 4.99 Å². The number of aliphatic carboxylic acids is 1. The van der Waals surface area contributed by atoms with Crippen LogP contribution >= 0.6 is 34.5 Å². The maximum atomic E-state index is 14.0. The van der Waals surface area contributed by atoms with Crippen molar-refractivity contribution >= 4 is 52.6 Å². The standard InChI is InChI=1S/C30H28Cl2N2O8S/c1-5-10-41-21-9-8-18(14-22(21)39-6-2)26-25(29(38)40-7-3)16(4)33-30-34(26)28(37)23(43-30)13-17-11-19(31)27(20(32)12-17)42-15-24(35)36/h5,8-9,11-14,26H,1,6-7,10,15H2,2-4H3,(H,35,36)/b23-13-. The molecule has 43 heavy (non-hydrogen) atoms. The second kappa shape index (κ2) is 13.9. The average Bonchev–Trinajstić information content (AvgIpc) is 3.25. The summed E-state index contributed by atoms with van der Waals surface area (Å²) < 4.78 is 23.8. The third-order valence-electron chi connectivity index (χ3n) is 6.12. The molecule has 0 fully saturated rings. The molecule has 0 amide bonds. The number of rotatable bonds is 12. The number of halogens is 2. The van der Waals surface area contributed by atoms with Gasteiger partial charge in [0.2, 0.25) is 0 Å². The minimum Gasteiger partial charge on any atom is -0.490 e. The Morgan fingerprint density at radius 3 is 2.44 bits per heavy atom. The Hall–Kier alpha value is -4.06. The van der Waals surface area contributed by atoms with Crippen LogP contribution in [0.4, 0.5) is 0 Å². The fourth-order valence-electron chi connectivity index (χ4n) is 4.42. The summed E-state index contributed by atoms with van der Waals surface area (Å²) in [5.74, 6) is -0.832. The summed E-state index contributed by atoms with van der Waals surface area (Å²) in [6, 6.07) is 7.35. The van der Waals surface area contributed by atoms with Crippen molar-refractivity contribution in [2.75, 3.05) is 26.4 Å². The van der Waals surface area contributed by atoms with Crippen LogP contribution in [0.25, 0.3) is 6.08 Å². The molecule has 1 aromatic heterocycles. The summed E-state index contributed by atoms with van der Waals surface area (Å²) in [4.78, 5) is 43.0. The minimum atomic E-state index is -1.18. The third-order valence-corrected chi connectivity index (χ3v) is 7.66. The molecule has 3 aromatic rings.